The van der Waals surface area contributed by atoms with Gasteiger partial charge in [-0.25, -0.2) is 0 Å². The molecule has 0 aromatic heterocycles. The topological polar surface area (TPSA) is 52.3 Å². The summed E-state index contributed by atoms with van der Waals surface area (Å²) in [7, 11) is 1.30. The number of carbonyl (C=O) groups excluding carboxylic acids is 1. The Morgan fingerprint density at radius 1 is 1.89 bits per heavy atom. The van der Waals surface area contributed by atoms with Gasteiger partial charge in [0.1, 0.15) is 6.04 Å². The Morgan fingerprint density at radius 2 is 2.33 bits per heavy atom. The molecule has 0 heterocycles. The van der Waals surface area contributed by atoms with Crippen molar-refractivity contribution in [2.45, 2.75) is 6.04 Å². The molecule has 2 N–H and O–H groups in total. The molecule has 0 aromatic rings. The molecule has 0 amide bonds. The zero-order valence-electron chi connectivity index (χ0n) is 5.13. The van der Waals surface area contributed by atoms with E-state index in [2.05, 4.69) is 17.4 Å². The normalized spacial score (nSPS) is 11.4. The van der Waals surface area contributed by atoms with E-state index in [1.165, 1.54) is 7.11 Å². The van der Waals surface area contributed by atoms with Crippen LogP contribution in [0.4, 0.5) is 0 Å². The molecule has 0 spiro atoms. The second kappa shape index (κ2) is 5.91. The second-order valence-corrected chi connectivity index (χ2v) is 1.68. The van der Waals surface area contributed by atoms with Crippen LogP contribution in [0, 0.1) is 7.43 Å². The summed E-state index contributed by atoms with van der Waals surface area (Å²) in [5.41, 5.74) is 5.18. The van der Waals surface area contributed by atoms with E-state index in [0.29, 0.717) is 5.75 Å². The van der Waals surface area contributed by atoms with Gasteiger partial charge in [-0.05, 0) is 0 Å². The number of carbonyl (C=O) groups is 1. The average molecular weight is 147 g/mol. The molecule has 4 radical (unpaired) electrons. The number of thiol groups is 1. The van der Waals surface area contributed by atoms with Gasteiger partial charge >= 0.3 is 5.97 Å². The lowest BCUT2D eigenvalue weighted by atomic mass is 10.4. The van der Waals surface area contributed by atoms with Gasteiger partial charge in [-0.3, -0.25) is 4.79 Å². The first-order valence-electron chi connectivity index (χ1n) is 2.16. The molecule has 0 fully saturated rings. The van der Waals surface area contributed by atoms with Crippen molar-refractivity contribution in [2.75, 3.05) is 12.9 Å². The number of methoxy groups -OCH3 is 1. The molecule has 52 valence electrons. The number of esters is 1. The standard InChI is InChI=1S/C4H9NO2S.C/c1-7-4(6)3(5)2-8;/h3,8H,2,5H2,1H3;/t3-;/m0./s1. The Hall–Kier alpha value is -0.220. The van der Waals surface area contributed by atoms with Crippen molar-refractivity contribution >= 4 is 18.6 Å². The largest absolute Gasteiger partial charge is 0.468 e. The van der Waals surface area contributed by atoms with Gasteiger partial charge in [-0.1, -0.05) is 0 Å². The van der Waals surface area contributed by atoms with E-state index in [-0.39, 0.29) is 7.43 Å². The summed E-state index contributed by atoms with van der Waals surface area (Å²) in [4.78, 5) is 10.3. The first kappa shape index (κ1) is 11.6. The summed E-state index contributed by atoms with van der Waals surface area (Å²) in [5, 5.41) is 0. The Balaban J connectivity index is 0. The average Bonchev–Trinajstić information content (AvgIpc) is 1.84. The molecule has 3 nitrogen and oxygen atoms in total. The van der Waals surface area contributed by atoms with Gasteiger partial charge in [0.15, 0.2) is 0 Å². The van der Waals surface area contributed by atoms with Crippen molar-refractivity contribution in [3.63, 3.8) is 0 Å². The van der Waals surface area contributed by atoms with Crippen LogP contribution in [0.15, 0.2) is 0 Å². The molecule has 0 bridgehead atoms. The van der Waals surface area contributed by atoms with Crippen molar-refractivity contribution in [2.24, 2.45) is 5.73 Å². The van der Waals surface area contributed by atoms with Gasteiger partial charge in [-0.2, -0.15) is 12.6 Å². The number of nitrogens with two attached hydrogens (primary N) is 1. The molecule has 0 aliphatic heterocycles. The van der Waals surface area contributed by atoms with Crippen LogP contribution in [0.2, 0.25) is 0 Å². The van der Waals surface area contributed by atoms with Crippen LogP contribution in [-0.2, 0) is 9.53 Å². The molecule has 0 aliphatic rings. The first-order chi connectivity index (χ1) is 3.72. The Kier molecular flexibility index (Phi) is 7.59. The molecule has 0 rings (SSSR count). The van der Waals surface area contributed by atoms with Crippen molar-refractivity contribution in [1.29, 1.82) is 0 Å². The lowest BCUT2D eigenvalue weighted by Gasteiger charge is -2.02. The molecular weight excluding hydrogens is 138 g/mol. The third kappa shape index (κ3) is 4.29. The quantitative estimate of drug-likeness (QED) is 0.409. The molecule has 0 aliphatic carbocycles. The van der Waals surface area contributed by atoms with Gasteiger partial charge in [0, 0.05) is 13.2 Å². The smallest absolute Gasteiger partial charge is 0.323 e. The first-order valence-corrected chi connectivity index (χ1v) is 2.80. The molecule has 0 saturated carbocycles. The summed E-state index contributed by atoms with van der Waals surface area (Å²) in [6.45, 7) is 0. The van der Waals surface area contributed by atoms with Gasteiger partial charge in [0.05, 0.1) is 7.11 Å². The van der Waals surface area contributed by atoms with Crippen LogP contribution >= 0.6 is 12.6 Å². The number of hydrogen-bond acceptors (Lipinski definition) is 4. The van der Waals surface area contributed by atoms with Crippen LogP contribution in [0.3, 0.4) is 0 Å². The van der Waals surface area contributed by atoms with E-state index in [1.54, 1.807) is 0 Å². The predicted molar refractivity (Wildman–Crippen MR) is 37.1 cm³/mol. The minimum Gasteiger partial charge on any atom is -0.468 e. The molecule has 1 atom stereocenters. The highest BCUT2D eigenvalue weighted by Gasteiger charge is 2.09. The minimum absolute atomic E-state index is 0. The second-order valence-electron chi connectivity index (χ2n) is 1.31. The Bertz CT molecular complexity index is 87.0. The summed E-state index contributed by atoms with van der Waals surface area (Å²) < 4.78 is 4.29. The van der Waals surface area contributed by atoms with Gasteiger partial charge in [0.2, 0.25) is 0 Å². The van der Waals surface area contributed by atoms with E-state index >= 15 is 0 Å². The Labute approximate surface area is 61.0 Å². The van der Waals surface area contributed by atoms with Crippen molar-refractivity contribution in [3.8, 4) is 0 Å². The van der Waals surface area contributed by atoms with Crippen LogP contribution in [0.1, 0.15) is 0 Å². The van der Waals surface area contributed by atoms with E-state index in [0.717, 1.165) is 0 Å². The number of ether oxygens (including phenoxy) is 1. The SMILES string of the molecule is COC(=O)[C@@H](N)CS.[C]. The maximum absolute atomic E-state index is 10.3. The van der Waals surface area contributed by atoms with Crippen molar-refractivity contribution < 1.29 is 9.53 Å². The monoisotopic (exact) mass is 147 g/mol. The molecule has 0 unspecified atom stereocenters. The maximum atomic E-state index is 10.3. The predicted octanol–water partition coefficient (Wildman–Crippen LogP) is -0.502. The summed E-state index contributed by atoms with van der Waals surface area (Å²) in [6.07, 6.45) is 0. The zero-order chi connectivity index (χ0) is 6.57. The van der Waals surface area contributed by atoms with Crippen LogP contribution < -0.4 is 5.73 Å². The van der Waals surface area contributed by atoms with Crippen molar-refractivity contribution in [1.82, 2.24) is 0 Å². The van der Waals surface area contributed by atoms with Gasteiger partial charge < -0.3 is 10.5 Å². The third-order valence-electron chi connectivity index (χ3n) is 0.701. The molecule has 4 heteroatoms. The van der Waals surface area contributed by atoms with Gasteiger partial charge in [0.25, 0.3) is 0 Å². The van der Waals surface area contributed by atoms with E-state index in [1.807, 2.05) is 0 Å². The molecular formula is C5H9NO2S. The summed E-state index contributed by atoms with van der Waals surface area (Å²) >= 11 is 3.78. The van der Waals surface area contributed by atoms with Crippen LogP contribution in [0.5, 0.6) is 0 Å². The fourth-order valence-electron chi connectivity index (χ4n) is 0.226. The number of rotatable bonds is 2. The molecule has 0 saturated heterocycles. The lowest BCUT2D eigenvalue weighted by molar-refractivity contribution is -0.141. The van der Waals surface area contributed by atoms with E-state index in [9.17, 15) is 4.79 Å². The highest BCUT2D eigenvalue weighted by atomic mass is 32.1. The van der Waals surface area contributed by atoms with Crippen LogP contribution in [0.25, 0.3) is 0 Å². The maximum Gasteiger partial charge on any atom is 0.323 e. The zero-order valence-corrected chi connectivity index (χ0v) is 6.02. The highest BCUT2D eigenvalue weighted by Crippen LogP contribution is 1.84. The van der Waals surface area contributed by atoms with Crippen LogP contribution in [-0.4, -0.2) is 24.9 Å². The van der Waals surface area contributed by atoms with E-state index < -0.39 is 12.0 Å². The fourth-order valence-corrected chi connectivity index (χ4v) is 0.375. The van der Waals surface area contributed by atoms with Gasteiger partial charge in [-0.15, -0.1) is 0 Å². The number of hydrogen-bond donors (Lipinski definition) is 2. The summed E-state index contributed by atoms with van der Waals surface area (Å²) in [6, 6.07) is -0.580. The fraction of sp³-hybridized carbons (Fsp3) is 0.600. The lowest BCUT2D eigenvalue weighted by Crippen LogP contribution is -2.32. The van der Waals surface area contributed by atoms with E-state index in [4.69, 9.17) is 5.73 Å². The Morgan fingerprint density at radius 3 is 2.44 bits per heavy atom. The third-order valence-corrected chi connectivity index (χ3v) is 1.09. The highest BCUT2D eigenvalue weighted by molar-refractivity contribution is 7.80. The summed E-state index contributed by atoms with van der Waals surface area (Å²) in [5.74, 6) is -0.0906. The van der Waals surface area contributed by atoms with Crippen molar-refractivity contribution in [3.05, 3.63) is 7.43 Å². The molecule has 0 aromatic carbocycles. The minimum atomic E-state index is -0.580. The molecule has 9 heavy (non-hydrogen) atoms.